The standard InChI is InChI=1S/C14H14O2.C12H10O.C6H10O3.2C3H4O2/c1-2-16-13-10-6-9-12(15)14(13)11-7-4-3-5-8-11;1-3-7-11(8-4-1)13-12-9-5-2-6-10-12;1(5-3-8-5)7-2-6-4-9-6;2*1-2-3(4)5/h3-10,15H,2H2,1H3;1-10H;5-6H,1-4H2;2*2H,1H2,(H,4,5). The van der Waals surface area contributed by atoms with Crippen LogP contribution >= 0.6 is 0 Å². The summed E-state index contributed by atoms with van der Waals surface area (Å²) in [4.78, 5) is 18.5. The zero-order chi connectivity index (χ0) is 35.0. The lowest BCUT2D eigenvalue weighted by atomic mass is 10.0. The molecular formula is C38H42O10. The van der Waals surface area contributed by atoms with Crippen LogP contribution in [0.1, 0.15) is 6.92 Å². The summed E-state index contributed by atoms with van der Waals surface area (Å²) in [7, 11) is 0. The fraction of sp³-hybridized carbons (Fsp3) is 0.211. The predicted octanol–water partition coefficient (Wildman–Crippen LogP) is 7.25. The van der Waals surface area contributed by atoms with Crippen molar-refractivity contribution in [3.63, 3.8) is 0 Å². The molecule has 2 unspecified atom stereocenters. The molecule has 2 aliphatic rings. The number of phenolic OH excluding ortho intramolecular Hbond substituents is 1. The third-order valence-corrected chi connectivity index (χ3v) is 5.85. The quantitative estimate of drug-likeness (QED) is 0.111. The van der Waals surface area contributed by atoms with Gasteiger partial charge in [-0.3, -0.25) is 0 Å². The van der Waals surface area contributed by atoms with Gasteiger partial charge >= 0.3 is 11.9 Å². The molecule has 254 valence electrons. The number of carbonyl (C=O) groups is 2. The Balaban J connectivity index is 0.000000224. The first-order chi connectivity index (χ1) is 23.3. The summed E-state index contributed by atoms with van der Waals surface area (Å²) in [6, 6.07) is 34.6. The van der Waals surface area contributed by atoms with E-state index in [2.05, 4.69) is 13.2 Å². The second-order valence-corrected chi connectivity index (χ2v) is 9.71. The molecule has 0 bridgehead atoms. The van der Waals surface area contributed by atoms with E-state index in [0.717, 1.165) is 61.2 Å². The van der Waals surface area contributed by atoms with E-state index < -0.39 is 11.9 Å². The Kier molecular flexibility index (Phi) is 18.6. The fourth-order valence-corrected chi connectivity index (χ4v) is 3.46. The summed E-state index contributed by atoms with van der Waals surface area (Å²) in [6.07, 6.45) is 2.45. The monoisotopic (exact) mass is 658 g/mol. The van der Waals surface area contributed by atoms with E-state index in [9.17, 15) is 14.7 Å². The van der Waals surface area contributed by atoms with E-state index in [0.29, 0.717) is 24.6 Å². The van der Waals surface area contributed by atoms with Crippen molar-refractivity contribution in [2.45, 2.75) is 19.1 Å². The highest BCUT2D eigenvalue weighted by Gasteiger charge is 2.26. The van der Waals surface area contributed by atoms with Crippen LogP contribution in [0.25, 0.3) is 11.1 Å². The number of aliphatic carboxylic acids is 2. The van der Waals surface area contributed by atoms with E-state index in [1.54, 1.807) is 12.1 Å². The number of phenols is 1. The minimum Gasteiger partial charge on any atom is -0.507 e. The van der Waals surface area contributed by atoms with Crippen molar-refractivity contribution >= 4 is 11.9 Å². The van der Waals surface area contributed by atoms with Crippen molar-refractivity contribution in [1.82, 2.24) is 0 Å². The molecule has 2 saturated heterocycles. The summed E-state index contributed by atoms with van der Waals surface area (Å²) in [5.74, 6) is 0.739. The van der Waals surface area contributed by atoms with Crippen LogP contribution in [0.15, 0.2) is 135 Å². The number of aromatic hydroxyl groups is 1. The molecule has 4 aromatic rings. The fourth-order valence-electron chi connectivity index (χ4n) is 3.46. The Morgan fingerprint density at radius 3 is 1.52 bits per heavy atom. The zero-order valence-corrected chi connectivity index (χ0v) is 26.9. The van der Waals surface area contributed by atoms with Crippen molar-refractivity contribution in [2.24, 2.45) is 0 Å². The molecular weight excluding hydrogens is 616 g/mol. The minimum absolute atomic E-state index is 0.247. The molecule has 2 heterocycles. The average molecular weight is 659 g/mol. The second-order valence-electron chi connectivity index (χ2n) is 9.71. The first kappa shape index (κ1) is 38.8. The van der Waals surface area contributed by atoms with Crippen molar-refractivity contribution < 1.29 is 48.6 Å². The molecule has 3 N–H and O–H groups in total. The van der Waals surface area contributed by atoms with Gasteiger partial charge in [-0.2, -0.15) is 0 Å². The predicted molar refractivity (Wildman–Crippen MR) is 184 cm³/mol. The molecule has 10 heteroatoms. The Bertz CT molecular complexity index is 1420. The number of epoxide rings is 2. The highest BCUT2D eigenvalue weighted by molar-refractivity contribution is 5.79. The van der Waals surface area contributed by atoms with Gasteiger partial charge in [-0.1, -0.05) is 86.0 Å². The summed E-state index contributed by atoms with van der Waals surface area (Å²) < 4.78 is 26.2. The molecule has 2 atom stereocenters. The van der Waals surface area contributed by atoms with Gasteiger partial charge in [0.2, 0.25) is 0 Å². The van der Waals surface area contributed by atoms with Gasteiger partial charge in [0, 0.05) is 12.2 Å². The van der Waals surface area contributed by atoms with Crippen LogP contribution < -0.4 is 9.47 Å². The van der Waals surface area contributed by atoms with Crippen LogP contribution in [0, 0.1) is 0 Å². The zero-order valence-electron chi connectivity index (χ0n) is 26.9. The van der Waals surface area contributed by atoms with Crippen molar-refractivity contribution in [3.05, 3.63) is 135 Å². The Hall–Kier alpha value is -5.42. The Labute approximate surface area is 281 Å². The summed E-state index contributed by atoms with van der Waals surface area (Å²) >= 11 is 0. The van der Waals surface area contributed by atoms with Crippen molar-refractivity contribution in [3.8, 4) is 34.1 Å². The SMILES string of the molecule is C(OCC1CO1)C1CO1.C=CC(=O)O.C=CC(=O)O.CCOc1cccc(O)c1-c1ccccc1.c1ccc(Oc2ccccc2)cc1. The number of para-hydroxylation sites is 2. The Morgan fingerprint density at radius 1 is 0.729 bits per heavy atom. The number of ether oxygens (including phenoxy) is 5. The highest BCUT2D eigenvalue weighted by Crippen LogP contribution is 2.37. The highest BCUT2D eigenvalue weighted by atomic mass is 16.6. The van der Waals surface area contributed by atoms with Crippen LogP contribution in [0.3, 0.4) is 0 Å². The van der Waals surface area contributed by atoms with E-state index >= 15 is 0 Å². The first-order valence-electron chi connectivity index (χ1n) is 15.1. The molecule has 2 fully saturated rings. The molecule has 4 aromatic carbocycles. The maximum Gasteiger partial charge on any atom is 0.327 e. The number of benzene rings is 4. The molecule has 0 saturated carbocycles. The van der Waals surface area contributed by atoms with Gasteiger partial charge in [0.25, 0.3) is 0 Å². The maximum atomic E-state index is 9.89. The number of carboxylic acid groups (broad SMARTS) is 2. The molecule has 0 amide bonds. The molecule has 0 aliphatic carbocycles. The molecule has 0 aromatic heterocycles. The lowest BCUT2D eigenvalue weighted by Gasteiger charge is -2.11. The van der Waals surface area contributed by atoms with Gasteiger partial charge in [-0.25, -0.2) is 9.59 Å². The molecule has 0 spiro atoms. The van der Waals surface area contributed by atoms with Crippen LogP contribution in [0.5, 0.6) is 23.0 Å². The number of carboxylic acids is 2. The third kappa shape index (κ3) is 17.9. The largest absolute Gasteiger partial charge is 0.507 e. The van der Waals surface area contributed by atoms with E-state index in [1.165, 1.54) is 0 Å². The van der Waals surface area contributed by atoms with Gasteiger partial charge in [-0.05, 0) is 48.9 Å². The molecule has 10 nitrogen and oxygen atoms in total. The lowest BCUT2D eigenvalue weighted by Crippen LogP contribution is -2.06. The van der Waals surface area contributed by atoms with Gasteiger partial charge in [0.1, 0.15) is 35.2 Å². The van der Waals surface area contributed by atoms with Gasteiger partial charge < -0.3 is 39.0 Å². The number of hydrogen-bond acceptors (Lipinski definition) is 8. The van der Waals surface area contributed by atoms with Gasteiger partial charge in [-0.15, -0.1) is 0 Å². The maximum absolute atomic E-state index is 9.89. The molecule has 6 rings (SSSR count). The molecule has 0 radical (unpaired) electrons. The smallest absolute Gasteiger partial charge is 0.327 e. The lowest BCUT2D eigenvalue weighted by molar-refractivity contribution is -0.132. The summed E-state index contributed by atoms with van der Waals surface area (Å²) in [5, 5.41) is 25.1. The van der Waals surface area contributed by atoms with Gasteiger partial charge in [0.15, 0.2) is 0 Å². The van der Waals surface area contributed by atoms with Crippen LogP contribution in [0.2, 0.25) is 0 Å². The first-order valence-corrected chi connectivity index (χ1v) is 15.1. The van der Waals surface area contributed by atoms with Crippen LogP contribution in [-0.2, 0) is 23.8 Å². The minimum atomic E-state index is -0.981. The second kappa shape index (κ2) is 23.0. The van der Waals surface area contributed by atoms with Crippen LogP contribution in [0.4, 0.5) is 0 Å². The number of hydrogen-bond donors (Lipinski definition) is 3. The summed E-state index contributed by atoms with van der Waals surface area (Å²) in [5.41, 5.74) is 1.72. The molecule has 48 heavy (non-hydrogen) atoms. The van der Waals surface area contributed by atoms with Crippen LogP contribution in [-0.4, -0.2) is 72.5 Å². The van der Waals surface area contributed by atoms with Crippen molar-refractivity contribution in [2.75, 3.05) is 33.0 Å². The number of rotatable bonds is 11. The van der Waals surface area contributed by atoms with E-state index in [-0.39, 0.29) is 5.75 Å². The van der Waals surface area contributed by atoms with E-state index in [4.69, 9.17) is 33.9 Å². The topological polar surface area (TPSA) is 148 Å². The summed E-state index contributed by atoms with van der Waals surface area (Å²) in [6.45, 7) is 11.7. The molecule has 2 aliphatic heterocycles. The van der Waals surface area contributed by atoms with Gasteiger partial charge in [0.05, 0.1) is 38.6 Å². The third-order valence-electron chi connectivity index (χ3n) is 5.85. The average Bonchev–Trinajstić information content (AvgIpc) is 4.05. The normalized spacial score (nSPS) is 14.5. The Morgan fingerprint density at radius 2 is 1.15 bits per heavy atom. The van der Waals surface area contributed by atoms with E-state index in [1.807, 2.05) is 104 Å². The van der Waals surface area contributed by atoms with Crippen molar-refractivity contribution in [1.29, 1.82) is 0 Å².